The lowest BCUT2D eigenvalue weighted by Gasteiger charge is -2.21. The lowest BCUT2D eigenvalue weighted by atomic mass is 10.1. The van der Waals surface area contributed by atoms with Crippen molar-refractivity contribution < 1.29 is 18.4 Å². The number of hydrogen-bond acceptors (Lipinski definition) is 3. The minimum atomic E-state index is -2.89. The van der Waals surface area contributed by atoms with Crippen molar-refractivity contribution in [3.63, 3.8) is 0 Å². The standard InChI is InChI=1S/C18H26ClF2N3O2/c1-4-5-6-15(19)14(7-12(2)9-22)17(26)23-10-16(25)24-11-18(20,21)8-13(24)3/h5-7,13H,4,8-11,22H2,1-3H3,(H,23,26)/b6-5+,12-7+,15-14-. The molecule has 0 aliphatic carbocycles. The Morgan fingerprint density at radius 1 is 1.42 bits per heavy atom. The monoisotopic (exact) mass is 389 g/mol. The first-order chi connectivity index (χ1) is 12.1. The highest BCUT2D eigenvalue weighted by molar-refractivity contribution is 6.34. The number of rotatable bonds is 7. The number of nitrogens with two attached hydrogens (primary N) is 1. The molecule has 1 saturated heterocycles. The molecular weight excluding hydrogens is 364 g/mol. The van der Waals surface area contributed by atoms with Crippen LogP contribution in [0.5, 0.6) is 0 Å². The number of amides is 2. The van der Waals surface area contributed by atoms with E-state index < -0.39 is 30.3 Å². The highest BCUT2D eigenvalue weighted by atomic mass is 35.5. The van der Waals surface area contributed by atoms with Gasteiger partial charge in [-0.3, -0.25) is 9.59 Å². The molecule has 0 radical (unpaired) electrons. The topological polar surface area (TPSA) is 75.4 Å². The Kier molecular flexibility index (Phi) is 8.43. The Morgan fingerprint density at radius 2 is 2.08 bits per heavy atom. The van der Waals surface area contributed by atoms with Gasteiger partial charge in [0.15, 0.2) is 0 Å². The summed E-state index contributed by atoms with van der Waals surface area (Å²) < 4.78 is 26.8. The van der Waals surface area contributed by atoms with Crippen molar-refractivity contribution in [2.24, 2.45) is 5.73 Å². The van der Waals surface area contributed by atoms with E-state index in [0.717, 1.165) is 16.9 Å². The number of carbonyl (C=O) groups excluding carboxylic acids is 2. The van der Waals surface area contributed by atoms with Crippen molar-refractivity contribution in [1.82, 2.24) is 10.2 Å². The van der Waals surface area contributed by atoms with Crippen molar-refractivity contribution in [2.45, 2.75) is 45.6 Å². The molecule has 146 valence electrons. The molecule has 0 saturated carbocycles. The molecule has 1 aliphatic rings. The molecule has 1 unspecified atom stereocenters. The number of allylic oxidation sites excluding steroid dienone is 3. The second-order valence-corrected chi connectivity index (χ2v) is 6.79. The average Bonchev–Trinajstić information content (AvgIpc) is 2.87. The third-order valence-corrected chi connectivity index (χ3v) is 4.29. The molecule has 0 bridgehead atoms. The maximum atomic E-state index is 13.4. The van der Waals surface area contributed by atoms with Gasteiger partial charge in [-0.05, 0) is 32.4 Å². The molecule has 1 rings (SSSR count). The minimum absolute atomic E-state index is 0.173. The van der Waals surface area contributed by atoms with Crippen LogP contribution in [0.1, 0.15) is 33.6 Å². The van der Waals surface area contributed by atoms with Gasteiger partial charge in [-0.15, -0.1) is 0 Å². The lowest BCUT2D eigenvalue weighted by Crippen LogP contribution is -2.42. The van der Waals surface area contributed by atoms with E-state index in [2.05, 4.69) is 5.32 Å². The van der Waals surface area contributed by atoms with E-state index in [9.17, 15) is 18.4 Å². The summed E-state index contributed by atoms with van der Waals surface area (Å²) in [5.41, 5.74) is 6.46. The van der Waals surface area contributed by atoms with Crippen LogP contribution in [0, 0.1) is 0 Å². The van der Waals surface area contributed by atoms with Crippen molar-refractivity contribution in [2.75, 3.05) is 19.6 Å². The molecule has 0 spiro atoms. The average molecular weight is 390 g/mol. The van der Waals surface area contributed by atoms with E-state index in [1.54, 1.807) is 32.1 Å². The van der Waals surface area contributed by atoms with E-state index in [1.165, 1.54) is 0 Å². The Labute approximate surface area is 157 Å². The smallest absolute Gasteiger partial charge is 0.267 e. The summed E-state index contributed by atoms with van der Waals surface area (Å²) in [6.07, 6.45) is 5.31. The highest BCUT2D eigenvalue weighted by Crippen LogP contribution is 2.31. The van der Waals surface area contributed by atoms with Crippen molar-refractivity contribution in [1.29, 1.82) is 0 Å². The molecule has 26 heavy (non-hydrogen) atoms. The molecule has 1 aliphatic heterocycles. The first kappa shape index (κ1) is 22.3. The Hall–Kier alpha value is -1.73. The summed E-state index contributed by atoms with van der Waals surface area (Å²) in [6, 6.07) is -0.570. The van der Waals surface area contributed by atoms with Gasteiger partial charge in [0.2, 0.25) is 5.91 Å². The molecule has 3 N–H and O–H groups in total. The third kappa shape index (κ3) is 6.53. The molecule has 0 aromatic heterocycles. The molecule has 1 fully saturated rings. The van der Waals surface area contributed by atoms with Crippen LogP contribution in [0.15, 0.2) is 34.4 Å². The third-order valence-electron chi connectivity index (χ3n) is 3.96. The highest BCUT2D eigenvalue weighted by Gasteiger charge is 2.44. The van der Waals surface area contributed by atoms with E-state index in [0.29, 0.717) is 0 Å². The normalized spacial score (nSPS) is 21.1. The summed E-state index contributed by atoms with van der Waals surface area (Å²) in [7, 11) is 0. The molecule has 0 aromatic rings. The zero-order valence-electron chi connectivity index (χ0n) is 15.3. The van der Waals surface area contributed by atoms with Crippen LogP contribution in [0.3, 0.4) is 0 Å². The number of hydrogen-bond donors (Lipinski definition) is 2. The van der Waals surface area contributed by atoms with E-state index in [4.69, 9.17) is 17.3 Å². The first-order valence-electron chi connectivity index (χ1n) is 8.50. The van der Waals surface area contributed by atoms with Gasteiger partial charge in [0.25, 0.3) is 11.8 Å². The van der Waals surface area contributed by atoms with Gasteiger partial charge in [0.05, 0.1) is 23.7 Å². The molecule has 1 heterocycles. The van der Waals surface area contributed by atoms with E-state index in [-0.39, 0.29) is 30.1 Å². The summed E-state index contributed by atoms with van der Waals surface area (Å²) in [5.74, 6) is -4.00. The molecular formula is C18H26ClF2N3O2. The van der Waals surface area contributed by atoms with Crippen molar-refractivity contribution in [3.05, 3.63) is 34.4 Å². The maximum Gasteiger partial charge on any atom is 0.267 e. The number of halogens is 3. The van der Waals surface area contributed by atoms with Gasteiger partial charge >= 0.3 is 0 Å². The van der Waals surface area contributed by atoms with E-state index >= 15 is 0 Å². The molecule has 8 heteroatoms. The largest absolute Gasteiger partial charge is 0.343 e. The summed E-state index contributed by atoms with van der Waals surface area (Å²) >= 11 is 6.18. The predicted molar refractivity (Wildman–Crippen MR) is 98.9 cm³/mol. The second kappa shape index (κ2) is 9.83. The van der Waals surface area contributed by atoms with Crippen LogP contribution in [-0.2, 0) is 9.59 Å². The van der Waals surface area contributed by atoms with Crippen LogP contribution in [0.4, 0.5) is 8.78 Å². The maximum absolute atomic E-state index is 13.4. The molecule has 2 amide bonds. The van der Waals surface area contributed by atoms with Crippen molar-refractivity contribution in [3.8, 4) is 0 Å². The van der Waals surface area contributed by atoms with Gasteiger partial charge in [-0.25, -0.2) is 8.78 Å². The minimum Gasteiger partial charge on any atom is -0.343 e. The van der Waals surface area contributed by atoms with Gasteiger partial charge in [0, 0.05) is 19.0 Å². The predicted octanol–water partition coefficient (Wildman–Crippen LogP) is 2.72. The zero-order chi connectivity index (χ0) is 19.9. The fourth-order valence-corrected chi connectivity index (χ4v) is 2.79. The molecule has 1 atom stereocenters. The summed E-state index contributed by atoms with van der Waals surface area (Å²) in [5, 5.41) is 2.67. The Balaban J connectivity index is 2.84. The van der Waals surface area contributed by atoms with Crippen LogP contribution < -0.4 is 11.1 Å². The Bertz CT molecular complexity index is 630. The van der Waals surface area contributed by atoms with Crippen LogP contribution >= 0.6 is 11.6 Å². The first-order valence-corrected chi connectivity index (χ1v) is 8.88. The van der Waals surface area contributed by atoms with Gasteiger partial charge in [-0.1, -0.05) is 30.2 Å². The summed E-state index contributed by atoms with van der Waals surface area (Å²) in [6.45, 7) is 4.48. The van der Waals surface area contributed by atoms with E-state index in [1.807, 2.05) is 6.92 Å². The van der Waals surface area contributed by atoms with Crippen LogP contribution in [0.25, 0.3) is 0 Å². The number of alkyl halides is 2. The number of nitrogens with zero attached hydrogens (tertiary/aromatic N) is 1. The fraction of sp³-hybridized carbons (Fsp3) is 0.556. The van der Waals surface area contributed by atoms with Gasteiger partial charge < -0.3 is 16.0 Å². The fourth-order valence-electron chi connectivity index (χ4n) is 2.56. The second-order valence-electron chi connectivity index (χ2n) is 6.38. The van der Waals surface area contributed by atoms with Crippen LogP contribution in [-0.4, -0.2) is 48.3 Å². The van der Waals surface area contributed by atoms with Gasteiger partial charge in [0.1, 0.15) is 0 Å². The van der Waals surface area contributed by atoms with Gasteiger partial charge in [-0.2, -0.15) is 0 Å². The number of nitrogens with one attached hydrogen (secondary N) is 1. The molecule has 5 nitrogen and oxygen atoms in total. The lowest BCUT2D eigenvalue weighted by molar-refractivity contribution is -0.133. The summed E-state index contributed by atoms with van der Waals surface area (Å²) in [4.78, 5) is 25.7. The SMILES string of the molecule is CC/C=C/C(Cl)=C(\C=C(/C)CN)C(=O)NCC(=O)N1CC(F)(F)CC1C. The number of carbonyl (C=O) groups is 2. The molecule has 0 aromatic carbocycles. The zero-order valence-corrected chi connectivity index (χ0v) is 16.1. The van der Waals surface area contributed by atoms with Crippen LogP contribution in [0.2, 0.25) is 0 Å². The Morgan fingerprint density at radius 3 is 2.58 bits per heavy atom. The van der Waals surface area contributed by atoms with Crippen molar-refractivity contribution >= 4 is 23.4 Å². The quantitative estimate of drug-likeness (QED) is 0.519. The number of likely N-dealkylation sites (tertiary alicyclic amines) is 1.